The predicted octanol–water partition coefficient (Wildman–Crippen LogP) is 1.18. The van der Waals surface area contributed by atoms with E-state index in [1.54, 1.807) is 11.3 Å². The van der Waals surface area contributed by atoms with Gasteiger partial charge in [0.15, 0.2) is 5.13 Å². The van der Waals surface area contributed by atoms with Gasteiger partial charge >= 0.3 is 0 Å². The predicted molar refractivity (Wildman–Crippen MR) is 84.0 cm³/mol. The smallest absolute Gasteiger partial charge is 0.186 e. The normalized spacial score (nSPS) is 27.6. The van der Waals surface area contributed by atoms with Crippen molar-refractivity contribution >= 4 is 26.7 Å². The lowest BCUT2D eigenvalue weighted by atomic mass is 10.2. The van der Waals surface area contributed by atoms with Gasteiger partial charge in [-0.3, -0.25) is 4.90 Å². The Morgan fingerprint density at radius 1 is 1.19 bits per heavy atom. The van der Waals surface area contributed by atoms with E-state index in [1.807, 2.05) is 18.2 Å². The van der Waals surface area contributed by atoms with E-state index in [9.17, 15) is 5.11 Å². The second-order valence-electron chi connectivity index (χ2n) is 5.65. The van der Waals surface area contributed by atoms with E-state index in [2.05, 4.69) is 15.9 Å². The van der Waals surface area contributed by atoms with E-state index in [0.29, 0.717) is 6.54 Å². The Kier molecular flexibility index (Phi) is 3.54. The summed E-state index contributed by atoms with van der Waals surface area (Å²) in [5, 5.41) is 11.4. The van der Waals surface area contributed by atoms with Crippen LogP contribution < -0.4 is 4.90 Å². The maximum Gasteiger partial charge on any atom is 0.186 e. The third-order valence-corrected chi connectivity index (χ3v) is 5.42. The molecule has 0 spiro atoms. The van der Waals surface area contributed by atoms with Crippen LogP contribution in [0.4, 0.5) is 5.13 Å². The maximum atomic E-state index is 10.4. The molecule has 1 aromatic carbocycles. The molecule has 3 heterocycles. The molecular formula is C15H19N3O2S. The molecule has 2 aliphatic rings. The second-order valence-corrected chi connectivity index (χ2v) is 6.66. The summed E-state index contributed by atoms with van der Waals surface area (Å²) in [5.41, 5.74) is 1.04. The van der Waals surface area contributed by atoms with Gasteiger partial charge in [-0.05, 0) is 12.1 Å². The fourth-order valence-corrected chi connectivity index (χ4v) is 4.17. The van der Waals surface area contributed by atoms with Gasteiger partial charge in [-0.15, -0.1) is 0 Å². The van der Waals surface area contributed by atoms with Crippen molar-refractivity contribution < 1.29 is 9.84 Å². The molecular weight excluding hydrogens is 286 g/mol. The third kappa shape index (κ3) is 2.53. The van der Waals surface area contributed by atoms with Crippen LogP contribution in [0.3, 0.4) is 0 Å². The van der Waals surface area contributed by atoms with Crippen LogP contribution in [0.1, 0.15) is 0 Å². The highest BCUT2D eigenvalue weighted by Crippen LogP contribution is 2.31. The Morgan fingerprint density at radius 2 is 2.00 bits per heavy atom. The molecule has 0 amide bonds. The van der Waals surface area contributed by atoms with Gasteiger partial charge < -0.3 is 14.7 Å². The number of hydrogen-bond acceptors (Lipinski definition) is 6. The van der Waals surface area contributed by atoms with Crippen LogP contribution >= 0.6 is 11.3 Å². The number of thiazole rings is 1. The molecule has 0 aliphatic carbocycles. The van der Waals surface area contributed by atoms with Crippen molar-refractivity contribution in [3.8, 4) is 0 Å². The molecule has 1 N–H and O–H groups in total. The molecule has 5 nitrogen and oxygen atoms in total. The zero-order chi connectivity index (χ0) is 14.2. The Balaban J connectivity index is 1.54. The summed E-state index contributed by atoms with van der Waals surface area (Å²) < 4.78 is 6.60. The maximum absolute atomic E-state index is 10.4. The van der Waals surface area contributed by atoms with E-state index in [1.165, 1.54) is 4.70 Å². The molecule has 4 rings (SSSR count). The number of morpholine rings is 1. The van der Waals surface area contributed by atoms with E-state index in [0.717, 1.165) is 43.5 Å². The van der Waals surface area contributed by atoms with Gasteiger partial charge in [0.2, 0.25) is 0 Å². The summed E-state index contributed by atoms with van der Waals surface area (Å²) in [7, 11) is 0. The highest BCUT2D eigenvalue weighted by Gasteiger charge is 2.37. The fourth-order valence-electron chi connectivity index (χ4n) is 3.19. The van der Waals surface area contributed by atoms with Crippen LogP contribution in [0, 0.1) is 0 Å². The van der Waals surface area contributed by atoms with Crippen LogP contribution in [0.25, 0.3) is 10.2 Å². The van der Waals surface area contributed by atoms with Crippen LogP contribution in [0.5, 0.6) is 0 Å². The molecule has 1 aromatic heterocycles. The van der Waals surface area contributed by atoms with Gasteiger partial charge in [0, 0.05) is 26.2 Å². The quantitative estimate of drug-likeness (QED) is 0.903. The van der Waals surface area contributed by atoms with Crippen LogP contribution in [-0.4, -0.2) is 66.5 Å². The summed E-state index contributed by atoms with van der Waals surface area (Å²) in [6.45, 7) is 4.88. The minimum Gasteiger partial charge on any atom is -0.390 e. The Bertz CT molecular complexity index is 593. The molecule has 2 saturated heterocycles. The molecule has 2 fully saturated rings. The highest BCUT2D eigenvalue weighted by atomic mass is 32.1. The number of β-amino-alcohol motifs (C(OH)–C–C–N with tert-alkyl or cyclic N) is 1. The molecule has 2 aromatic rings. The summed E-state index contributed by atoms with van der Waals surface area (Å²) in [4.78, 5) is 9.27. The van der Waals surface area contributed by atoms with Crippen molar-refractivity contribution in [3.05, 3.63) is 24.3 Å². The minimum absolute atomic E-state index is 0.195. The average molecular weight is 305 g/mol. The molecule has 2 atom stereocenters. The number of rotatable bonds is 2. The molecule has 0 radical (unpaired) electrons. The standard InChI is InChI=1S/C15H19N3O2S/c19-13-10-18(9-12(13)17-5-7-20-8-6-17)15-16-11-3-1-2-4-14(11)21-15/h1-4,12-13,19H,5-10H2/t12-,13-/m0/s1. The van der Waals surface area contributed by atoms with Gasteiger partial charge in [0.25, 0.3) is 0 Å². The lowest BCUT2D eigenvalue weighted by molar-refractivity contribution is -0.00588. The number of fused-ring (bicyclic) bond motifs is 1. The number of nitrogens with zero attached hydrogens (tertiary/aromatic N) is 3. The first-order valence-corrected chi connectivity index (χ1v) is 8.23. The topological polar surface area (TPSA) is 48.8 Å². The van der Waals surface area contributed by atoms with Crippen molar-refractivity contribution in [1.29, 1.82) is 0 Å². The lowest BCUT2D eigenvalue weighted by Gasteiger charge is -2.33. The summed E-state index contributed by atoms with van der Waals surface area (Å²) in [6, 6.07) is 8.39. The van der Waals surface area contributed by atoms with Crippen molar-refractivity contribution in [2.24, 2.45) is 0 Å². The number of benzene rings is 1. The Hall–Kier alpha value is -1.21. The first-order chi connectivity index (χ1) is 10.3. The van der Waals surface area contributed by atoms with Gasteiger partial charge in [-0.2, -0.15) is 0 Å². The van der Waals surface area contributed by atoms with Crippen LogP contribution in [0.2, 0.25) is 0 Å². The number of anilines is 1. The SMILES string of the molecule is O[C@H]1CN(c2nc3ccccc3s2)C[C@@H]1N1CCOCC1. The molecule has 112 valence electrons. The summed E-state index contributed by atoms with van der Waals surface area (Å²) in [5.74, 6) is 0. The largest absolute Gasteiger partial charge is 0.390 e. The minimum atomic E-state index is -0.310. The van der Waals surface area contributed by atoms with Gasteiger partial charge in [0.05, 0.1) is 35.6 Å². The monoisotopic (exact) mass is 305 g/mol. The first kappa shape index (κ1) is 13.5. The molecule has 0 unspecified atom stereocenters. The summed E-state index contributed by atoms with van der Waals surface area (Å²) in [6.07, 6.45) is -0.310. The third-order valence-electron chi connectivity index (χ3n) is 4.33. The zero-order valence-electron chi connectivity index (χ0n) is 11.8. The molecule has 6 heteroatoms. The van der Waals surface area contributed by atoms with E-state index in [4.69, 9.17) is 9.72 Å². The van der Waals surface area contributed by atoms with Gasteiger partial charge in [0.1, 0.15) is 0 Å². The van der Waals surface area contributed by atoms with E-state index >= 15 is 0 Å². The molecule has 2 aliphatic heterocycles. The number of hydrogen-bond donors (Lipinski definition) is 1. The summed E-state index contributed by atoms with van der Waals surface area (Å²) >= 11 is 1.71. The number of aliphatic hydroxyl groups is 1. The number of ether oxygens (including phenoxy) is 1. The number of aromatic nitrogens is 1. The fraction of sp³-hybridized carbons (Fsp3) is 0.533. The Morgan fingerprint density at radius 3 is 2.81 bits per heavy atom. The van der Waals surface area contributed by atoms with Crippen LogP contribution in [-0.2, 0) is 4.74 Å². The van der Waals surface area contributed by atoms with Crippen LogP contribution in [0.15, 0.2) is 24.3 Å². The van der Waals surface area contributed by atoms with E-state index in [-0.39, 0.29) is 12.1 Å². The molecule has 0 saturated carbocycles. The van der Waals surface area contributed by atoms with Crippen molar-refractivity contribution in [2.45, 2.75) is 12.1 Å². The molecule has 0 bridgehead atoms. The number of aliphatic hydroxyl groups excluding tert-OH is 1. The first-order valence-electron chi connectivity index (χ1n) is 7.41. The second kappa shape index (κ2) is 5.53. The number of para-hydroxylation sites is 1. The van der Waals surface area contributed by atoms with Crippen molar-refractivity contribution in [3.63, 3.8) is 0 Å². The van der Waals surface area contributed by atoms with Crippen molar-refractivity contribution in [1.82, 2.24) is 9.88 Å². The zero-order valence-corrected chi connectivity index (χ0v) is 12.6. The van der Waals surface area contributed by atoms with Gasteiger partial charge in [-0.1, -0.05) is 23.5 Å². The lowest BCUT2D eigenvalue weighted by Crippen LogP contribution is -2.48. The van der Waals surface area contributed by atoms with E-state index < -0.39 is 0 Å². The molecule has 21 heavy (non-hydrogen) atoms. The van der Waals surface area contributed by atoms with Gasteiger partial charge in [-0.25, -0.2) is 4.98 Å². The highest BCUT2D eigenvalue weighted by molar-refractivity contribution is 7.22. The van der Waals surface area contributed by atoms with Crippen molar-refractivity contribution in [2.75, 3.05) is 44.3 Å². The average Bonchev–Trinajstić information content (AvgIpc) is 3.11. The Labute approximate surface area is 127 Å².